The third-order valence-corrected chi connectivity index (χ3v) is 8.45. The number of fused-ring (bicyclic) bond motifs is 1. The predicted octanol–water partition coefficient (Wildman–Crippen LogP) is 3.75. The van der Waals surface area contributed by atoms with Crippen LogP contribution in [0.2, 0.25) is 0 Å². The molecule has 3 N–H and O–H groups in total. The topological polar surface area (TPSA) is 158 Å². The first-order chi connectivity index (χ1) is 20.1. The Kier molecular flexibility index (Phi) is 9.90. The van der Waals surface area contributed by atoms with E-state index in [1.54, 1.807) is 36.4 Å². The number of nitriles is 1. The minimum atomic E-state index is -4.06. The molecule has 0 unspecified atom stereocenters. The number of benzene rings is 3. The summed E-state index contributed by atoms with van der Waals surface area (Å²) in [7, 11) is -4.06. The monoisotopic (exact) mass is 595 g/mol. The molecule has 3 aromatic carbocycles. The molecule has 1 amide bonds. The van der Waals surface area contributed by atoms with Crippen LogP contribution >= 0.6 is 0 Å². The van der Waals surface area contributed by atoms with E-state index in [4.69, 9.17) is 14.2 Å². The molecule has 12 heteroatoms. The van der Waals surface area contributed by atoms with Gasteiger partial charge < -0.3 is 29.7 Å². The van der Waals surface area contributed by atoms with Crippen molar-refractivity contribution in [1.29, 1.82) is 5.26 Å². The maximum absolute atomic E-state index is 13.6. The average molecular weight is 596 g/mol. The van der Waals surface area contributed by atoms with Crippen LogP contribution in [0.15, 0.2) is 71.6 Å². The Hall–Kier alpha value is -4.31. The molecule has 3 aromatic rings. The Morgan fingerprint density at radius 1 is 1.07 bits per heavy atom. The lowest BCUT2D eigenvalue weighted by Gasteiger charge is -2.30. The lowest BCUT2D eigenvalue weighted by atomic mass is 10.0. The minimum absolute atomic E-state index is 0.00193. The smallest absolute Gasteiger partial charge is 0.404 e. The van der Waals surface area contributed by atoms with E-state index in [1.807, 2.05) is 26.0 Å². The number of amides is 1. The summed E-state index contributed by atoms with van der Waals surface area (Å²) in [6.07, 6.45) is -2.60. The largest absolute Gasteiger partial charge is 0.489 e. The van der Waals surface area contributed by atoms with E-state index in [0.29, 0.717) is 28.4 Å². The zero-order valence-corrected chi connectivity index (χ0v) is 24.1. The summed E-state index contributed by atoms with van der Waals surface area (Å²) in [5, 5.41) is 32.2. The molecule has 0 aromatic heterocycles. The predicted molar refractivity (Wildman–Crippen MR) is 153 cm³/mol. The molecule has 1 aliphatic heterocycles. The van der Waals surface area contributed by atoms with Gasteiger partial charge in [-0.3, -0.25) is 0 Å². The Bertz CT molecular complexity index is 1540. The average Bonchev–Trinajstić information content (AvgIpc) is 3.44. The molecule has 0 fully saturated rings. The number of nitrogens with one attached hydrogen (secondary N) is 1. The second kappa shape index (κ2) is 13.6. The lowest BCUT2D eigenvalue weighted by molar-refractivity contribution is 0.0980. The van der Waals surface area contributed by atoms with E-state index >= 15 is 0 Å². The number of rotatable bonds is 13. The van der Waals surface area contributed by atoms with Crippen molar-refractivity contribution in [2.75, 3.05) is 19.9 Å². The van der Waals surface area contributed by atoms with Gasteiger partial charge in [0.15, 0.2) is 11.5 Å². The first-order valence-electron chi connectivity index (χ1n) is 13.3. The Morgan fingerprint density at radius 2 is 1.79 bits per heavy atom. The van der Waals surface area contributed by atoms with Gasteiger partial charge in [-0.2, -0.15) is 9.57 Å². The molecule has 0 saturated heterocycles. The first kappa shape index (κ1) is 30.6. The van der Waals surface area contributed by atoms with Crippen molar-refractivity contribution in [3.8, 4) is 23.3 Å². The highest BCUT2D eigenvalue weighted by atomic mass is 32.2. The van der Waals surface area contributed by atoms with Crippen molar-refractivity contribution >= 4 is 16.1 Å². The molecule has 0 radical (unpaired) electrons. The second-order valence-electron chi connectivity index (χ2n) is 10.3. The number of ether oxygens (including phenoxy) is 3. The van der Waals surface area contributed by atoms with Gasteiger partial charge in [-0.1, -0.05) is 44.2 Å². The van der Waals surface area contributed by atoms with E-state index in [9.17, 15) is 28.7 Å². The molecular formula is C30H33N3O8S. The number of hydrogen-bond acceptors (Lipinski definition) is 8. The van der Waals surface area contributed by atoms with Gasteiger partial charge in [-0.15, -0.1) is 0 Å². The quantitative estimate of drug-likeness (QED) is 0.268. The van der Waals surface area contributed by atoms with Crippen LogP contribution in [0.25, 0.3) is 0 Å². The fraction of sp³-hybridized carbons (Fsp3) is 0.333. The van der Waals surface area contributed by atoms with E-state index in [-0.39, 0.29) is 43.7 Å². The number of carbonyl (C=O) groups is 1. The summed E-state index contributed by atoms with van der Waals surface area (Å²) in [5.74, 6) is 1.24. The van der Waals surface area contributed by atoms with Crippen molar-refractivity contribution in [1.82, 2.24) is 9.62 Å². The zero-order chi connectivity index (χ0) is 30.3. The van der Waals surface area contributed by atoms with Crippen LogP contribution < -0.4 is 19.5 Å². The summed E-state index contributed by atoms with van der Waals surface area (Å²) in [6, 6.07) is 19.5. The molecule has 2 atom stereocenters. The highest BCUT2D eigenvalue weighted by molar-refractivity contribution is 7.89. The maximum atomic E-state index is 13.6. The van der Waals surface area contributed by atoms with Crippen LogP contribution in [0.3, 0.4) is 0 Å². The van der Waals surface area contributed by atoms with Crippen LogP contribution in [-0.2, 0) is 23.1 Å². The summed E-state index contributed by atoms with van der Waals surface area (Å²) in [4.78, 5) is 11.6. The van der Waals surface area contributed by atoms with Crippen LogP contribution in [0.5, 0.6) is 17.2 Å². The Labute approximate surface area is 244 Å². The van der Waals surface area contributed by atoms with E-state index in [1.165, 1.54) is 18.2 Å². The minimum Gasteiger partial charge on any atom is -0.489 e. The van der Waals surface area contributed by atoms with Crippen LogP contribution in [-0.4, -0.2) is 61.1 Å². The highest BCUT2D eigenvalue weighted by Crippen LogP contribution is 2.35. The standard InChI is InChI=1S/C30H33N3O8S/c1-20(2)16-33(42(37,38)25-11-12-28-29(14-25)41-19-40-28)17-27(34)26(32-30(35)36)13-21-7-9-24(10-8-21)39-18-23-6-4-3-5-22(23)15-31/h3-12,14,20,26-27,32,34H,13,16-19H2,1-2H3,(H,35,36)/t26-,27-/m0/s1. The van der Waals surface area contributed by atoms with Gasteiger partial charge in [0.1, 0.15) is 12.4 Å². The van der Waals surface area contributed by atoms with Gasteiger partial charge in [0.05, 0.1) is 28.7 Å². The van der Waals surface area contributed by atoms with E-state index in [2.05, 4.69) is 11.4 Å². The molecular weight excluding hydrogens is 562 g/mol. The fourth-order valence-corrected chi connectivity index (χ4v) is 6.17. The van der Waals surface area contributed by atoms with Crippen LogP contribution in [0.1, 0.15) is 30.5 Å². The number of carboxylic acid groups (broad SMARTS) is 1. The van der Waals surface area contributed by atoms with Gasteiger partial charge in [0.25, 0.3) is 0 Å². The van der Waals surface area contributed by atoms with Gasteiger partial charge in [-0.05, 0) is 48.2 Å². The number of hydrogen-bond donors (Lipinski definition) is 3. The number of aliphatic hydroxyl groups excluding tert-OH is 1. The molecule has 1 aliphatic rings. The van der Waals surface area contributed by atoms with Crippen molar-refractivity contribution in [3.63, 3.8) is 0 Å². The van der Waals surface area contributed by atoms with Crippen LogP contribution in [0.4, 0.5) is 4.79 Å². The molecule has 222 valence electrons. The normalized spacial score (nSPS) is 13.9. The third-order valence-electron chi connectivity index (χ3n) is 6.63. The molecule has 0 spiro atoms. The Morgan fingerprint density at radius 3 is 2.48 bits per heavy atom. The van der Waals surface area contributed by atoms with Gasteiger partial charge >= 0.3 is 6.09 Å². The fourth-order valence-electron chi connectivity index (χ4n) is 4.53. The van der Waals surface area contributed by atoms with Crippen molar-refractivity contribution in [2.45, 2.75) is 43.9 Å². The molecule has 1 heterocycles. The number of nitrogens with zero attached hydrogens (tertiary/aromatic N) is 2. The third kappa shape index (κ3) is 7.70. The van der Waals surface area contributed by atoms with E-state index < -0.39 is 28.3 Å². The lowest BCUT2D eigenvalue weighted by Crippen LogP contribution is -2.50. The summed E-state index contributed by atoms with van der Waals surface area (Å²) in [5.41, 5.74) is 1.98. The maximum Gasteiger partial charge on any atom is 0.404 e. The number of aliphatic hydroxyl groups is 1. The SMILES string of the molecule is CC(C)CN(C[C@H](O)[C@H](Cc1ccc(OCc2ccccc2C#N)cc1)NC(=O)O)S(=O)(=O)c1ccc2c(c1)OCO2. The zero-order valence-electron chi connectivity index (χ0n) is 23.3. The number of sulfonamides is 1. The highest BCUT2D eigenvalue weighted by Gasteiger charge is 2.32. The molecule has 0 bridgehead atoms. The van der Waals surface area contributed by atoms with Gasteiger partial charge in [0.2, 0.25) is 16.8 Å². The summed E-state index contributed by atoms with van der Waals surface area (Å²) >= 11 is 0. The molecule has 42 heavy (non-hydrogen) atoms. The van der Waals surface area contributed by atoms with Gasteiger partial charge in [0, 0.05) is 24.7 Å². The summed E-state index contributed by atoms with van der Waals surface area (Å²) < 4.78 is 44.8. The second-order valence-corrected chi connectivity index (χ2v) is 12.2. The van der Waals surface area contributed by atoms with E-state index in [0.717, 1.165) is 9.87 Å². The molecule has 0 aliphatic carbocycles. The Balaban J connectivity index is 1.47. The summed E-state index contributed by atoms with van der Waals surface area (Å²) in [6.45, 7) is 3.68. The van der Waals surface area contributed by atoms with Crippen LogP contribution in [0, 0.1) is 17.2 Å². The first-order valence-corrected chi connectivity index (χ1v) is 14.8. The van der Waals surface area contributed by atoms with Crippen molar-refractivity contribution in [3.05, 3.63) is 83.4 Å². The molecule has 4 rings (SSSR count). The van der Waals surface area contributed by atoms with Crippen molar-refractivity contribution < 1.29 is 37.6 Å². The van der Waals surface area contributed by atoms with Crippen molar-refractivity contribution in [2.24, 2.45) is 5.92 Å². The molecule has 0 saturated carbocycles. The van der Waals surface area contributed by atoms with Gasteiger partial charge in [-0.25, -0.2) is 13.2 Å². The molecule has 11 nitrogen and oxygen atoms in total.